The van der Waals surface area contributed by atoms with Crippen LogP contribution in [-0.4, -0.2) is 29.0 Å². The summed E-state index contributed by atoms with van der Waals surface area (Å²) in [6.45, 7) is 4.58. The second-order valence-electron chi connectivity index (χ2n) is 5.98. The van der Waals surface area contributed by atoms with Crippen molar-refractivity contribution in [1.82, 2.24) is 15.3 Å². The van der Waals surface area contributed by atoms with Crippen LogP contribution < -0.4 is 10.2 Å². The molecular weight excluding hydrogens is 288 g/mol. The first-order valence-electron chi connectivity index (χ1n) is 8.13. The molecule has 3 rings (SSSR count). The molecule has 2 aromatic rings. The van der Waals surface area contributed by atoms with Crippen LogP contribution in [0.4, 0.5) is 5.82 Å². The van der Waals surface area contributed by atoms with Crippen molar-refractivity contribution in [3.8, 4) is 0 Å². The second-order valence-corrected chi connectivity index (χ2v) is 5.98. The number of nitrogens with zero attached hydrogens (tertiary/aromatic N) is 3. The van der Waals surface area contributed by atoms with E-state index in [0.717, 1.165) is 24.5 Å². The average Bonchev–Trinajstić information content (AvgIpc) is 2.61. The van der Waals surface area contributed by atoms with Crippen LogP contribution in [0.3, 0.4) is 0 Å². The topological polar surface area (TPSA) is 58.1 Å². The highest BCUT2D eigenvalue weighted by Gasteiger charge is 2.14. The van der Waals surface area contributed by atoms with Crippen LogP contribution >= 0.6 is 0 Å². The van der Waals surface area contributed by atoms with Crippen molar-refractivity contribution in [1.29, 1.82) is 0 Å². The molecule has 1 aromatic heterocycles. The van der Waals surface area contributed by atoms with Crippen molar-refractivity contribution in [2.45, 2.75) is 32.7 Å². The van der Waals surface area contributed by atoms with Crippen LogP contribution in [0, 0.1) is 6.92 Å². The lowest BCUT2D eigenvalue weighted by atomic mass is 10.1. The number of aryl methyl sites for hydroxylation is 1. The Hall–Kier alpha value is -2.43. The molecule has 1 amide bonds. The predicted octanol–water partition coefficient (Wildman–Crippen LogP) is 2.71. The van der Waals surface area contributed by atoms with Crippen molar-refractivity contribution in [3.63, 3.8) is 0 Å². The summed E-state index contributed by atoms with van der Waals surface area (Å²) in [5.74, 6) is 0.670. The van der Waals surface area contributed by atoms with Crippen molar-refractivity contribution < 1.29 is 4.79 Å². The molecule has 0 bridgehead atoms. The first-order chi connectivity index (χ1) is 11.2. The number of anilines is 1. The fourth-order valence-corrected chi connectivity index (χ4v) is 2.82. The molecule has 0 saturated carbocycles. The molecule has 1 fully saturated rings. The summed E-state index contributed by atoms with van der Waals surface area (Å²) >= 11 is 0. The van der Waals surface area contributed by atoms with E-state index in [4.69, 9.17) is 0 Å². The van der Waals surface area contributed by atoms with Gasteiger partial charge >= 0.3 is 0 Å². The molecule has 120 valence electrons. The van der Waals surface area contributed by atoms with Crippen LogP contribution in [0.25, 0.3) is 0 Å². The second kappa shape index (κ2) is 7.22. The lowest BCUT2D eigenvalue weighted by Crippen LogP contribution is -2.30. The molecule has 1 N–H and O–H groups in total. The van der Waals surface area contributed by atoms with E-state index in [1.807, 2.05) is 25.1 Å². The average molecular weight is 310 g/mol. The Labute approximate surface area is 136 Å². The van der Waals surface area contributed by atoms with Crippen molar-refractivity contribution in [2.24, 2.45) is 0 Å². The highest BCUT2D eigenvalue weighted by molar-refractivity contribution is 5.91. The van der Waals surface area contributed by atoms with Gasteiger partial charge in [-0.15, -0.1) is 0 Å². The molecule has 5 nitrogen and oxygen atoms in total. The van der Waals surface area contributed by atoms with Crippen molar-refractivity contribution >= 4 is 11.7 Å². The largest absolute Gasteiger partial charge is 0.355 e. The van der Waals surface area contributed by atoms with Gasteiger partial charge in [0.15, 0.2) is 0 Å². The summed E-state index contributed by atoms with van der Waals surface area (Å²) in [6, 6.07) is 8.09. The fourth-order valence-electron chi connectivity index (χ4n) is 2.82. The summed E-state index contributed by atoms with van der Waals surface area (Å²) in [4.78, 5) is 23.1. The van der Waals surface area contributed by atoms with Crippen LogP contribution in [0.15, 0.2) is 36.7 Å². The Morgan fingerprint density at radius 1 is 1.17 bits per heavy atom. The van der Waals surface area contributed by atoms with E-state index in [0.29, 0.717) is 12.2 Å². The van der Waals surface area contributed by atoms with E-state index in [1.165, 1.54) is 24.8 Å². The maximum Gasteiger partial charge on any atom is 0.271 e. The first-order valence-corrected chi connectivity index (χ1v) is 8.13. The minimum absolute atomic E-state index is 0.191. The van der Waals surface area contributed by atoms with Gasteiger partial charge in [0.1, 0.15) is 11.5 Å². The van der Waals surface area contributed by atoms with Gasteiger partial charge in [0.2, 0.25) is 0 Å². The molecule has 1 aromatic carbocycles. The minimum Gasteiger partial charge on any atom is -0.355 e. The maximum absolute atomic E-state index is 12.2. The Kier molecular flexibility index (Phi) is 4.86. The highest BCUT2D eigenvalue weighted by atomic mass is 16.1. The smallest absolute Gasteiger partial charge is 0.271 e. The number of amides is 1. The number of piperidine rings is 1. The van der Waals surface area contributed by atoms with Crippen LogP contribution in [-0.2, 0) is 6.54 Å². The van der Waals surface area contributed by atoms with Gasteiger partial charge in [-0.05, 0) is 31.7 Å². The molecule has 0 unspecified atom stereocenters. The molecule has 1 aliphatic rings. The normalized spacial score (nSPS) is 14.6. The molecule has 0 aliphatic carbocycles. The first kappa shape index (κ1) is 15.5. The van der Waals surface area contributed by atoms with Gasteiger partial charge in [-0.3, -0.25) is 4.79 Å². The molecule has 5 heteroatoms. The van der Waals surface area contributed by atoms with Gasteiger partial charge < -0.3 is 10.2 Å². The summed E-state index contributed by atoms with van der Waals surface area (Å²) in [6.07, 6.45) is 6.94. The lowest BCUT2D eigenvalue weighted by Gasteiger charge is -2.27. The van der Waals surface area contributed by atoms with E-state index in [2.05, 4.69) is 26.3 Å². The molecule has 1 saturated heterocycles. The van der Waals surface area contributed by atoms with E-state index >= 15 is 0 Å². The molecule has 1 aliphatic heterocycles. The molecular formula is C18H22N4O. The Morgan fingerprint density at radius 2 is 2.00 bits per heavy atom. The number of aromatic nitrogens is 2. The van der Waals surface area contributed by atoms with Gasteiger partial charge in [-0.1, -0.05) is 29.8 Å². The number of benzene rings is 1. The lowest BCUT2D eigenvalue weighted by molar-refractivity contribution is 0.0945. The van der Waals surface area contributed by atoms with Gasteiger partial charge in [-0.25, -0.2) is 9.97 Å². The van der Waals surface area contributed by atoms with Crippen molar-refractivity contribution in [2.75, 3.05) is 18.0 Å². The molecule has 0 spiro atoms. The van der Waals surface area contributed by atoms with E-state index in [9.17, 15) is 4.79 Å². The minimum atomic E-state index is -0.191. The summed E-state index contributed by atoms with van der Waals surface area (Å²) in [5, 5.41) is 2.89. The quantitative estimate of drug-likeness (QED) is 0.943. The fraction of sp³-hybridized carbons (Fsp3) is 0.389. The Bertz CT molecular complexity index is 663. The Morgan fingerprint density at radius 3 is 2.70 bits per heavy atom. The number of carbonyl (C=O) groups is 1. The Balaban J connectivity index is 1.59. The van der Waals surface area contributed by atoms with E-state index in [-0.39, 0.29) is 5.91 Å². The maximum atomic E-state index is 12.2. The molecule has 0 radical (unpaired) electrons. The predicted molar refractivity (Wildman–Crippen MR) is 90.4 cm³/mol. The molecule has 0 atom stereocenters. The van der Waals surface area contributed by atoms with Crippen LogP contribution in [0.1, 0.15) is 40.9 Å². The molecule has 2 heterocycles. The number of rotatable bonds is 4. The summed E-state index contributed by atoms with van der Waals surface area (Å²) in [5.41, 5.74) is 2.62. The third-order valence-corrected chi connectivity index (χ3v) is 4.09. The van der Waals surface area contributed by atoms with Gasteiger partial charge in [-0.2, -0.15) is 0 Å². The number of nitrogens with one attached hydrogen (secondary N) is 1. The number of hydrogen-bond donors (Lipinski definition) is 1. The van der Waals surface area contributed by atoms with Gasteiger partial charge in [0.05, 0.1) is 12.4 Å². The van der Waals surface area contributed by atoms with E-state index < -0.39 is 0 Å². The summed E-state index contributed by atoms with van der Waals surface area (Å²) in [7, 11) is 0. The summed E-state index contributed by atoms with van der Waals surface area (Å²) < 4.78 is 0. The zero-order valence-corrected chi connectivity index (χ0v) is 13.5. The zero-order valence-electron chi connectivity index (χ0n) is 13.5. The van der Waals surface area contributed by atoms with Crippen LogP contribution in [0.2, 0.25) is 0 Å². The van der Waals surface area contributed by atoms with Crippen LogP contribution in [0.5, 0.6) is 0 Å². The van der Waals surface area contributed by atoms with Gasteiger partial charge in [0, 0.05) is 19.6 Å². The monoisotopic (exact) mass is 310 g/mol. The standard InChI is InChI=1S/C18H22N4O/c1-14-6-5-7-15(10-14)11-21-18(23)16-12-20-17(13-19-16)22-8-3-2-4-9-22/h5-7,10,12-13H,2-4,8-9,11H2,1H3,(H,21,23). The highest BCUT2D eigenvalue weighted by Crippen LogP contribution is 2.16. The van der Waals surface area contributed by atoms with E-state index in [1.54, 1.807) is 12.4 Å². The third-order valence-electron chi connectivity index (χ3n) is 4.09. The number of carbonyl (C=O) groups excluding carboxylic acids is 1. The third kappa shape index (κ3) is 4.06. The van der Waals surface area contributed by atoms with Gasteiger partial charge in [0.25, 0.3) is 5.91 Å². The van der Waals surface area contributed by atoms with Crippen molar-refractivity contribution in [3.05, 3.63) is 53.5 Å². The zero-order chi connectivity index (χ0) is 16.1. The molecule has 23 heavy (non-hydrogen) atoms. The SMILES string of the molecule is Cc1cccc(CNC(=O)c2cnc(N3CCCCC3)cn2)c1. The number of hydrogen-bond acceptors (Lipinski definition) is 4.